The van der Waals surface area contributed by atoms with Crippen LogP contribution in [0.1, 0.15) is 36.7 Å². The van der Waals surface area contributed by atoms with E-state index in [0.29, 0.717) is 11.8 Å². The van der Waals surface area contributed by atoms with E-state index in [4.69, 9.17) is 4.42 Å². The molecule has 3 aromatic heterocycles. The molecule has 0 bridgehead atoms. The summed E-state index contributed by atoms with van der Waals surface area (Å²) in [4.78, 5) is 8.09. The van der Waals surface area contributed by atoms with Gasteiger partial charge in [-0.2, -0.15) is 0 Å². The van der Waals surface area contributed by atoms with Gasteiger partial charge in [-0.15, -0.1) is 10.2 Å². The number of benzene rings is 1. The van der Waals surface area contributed by atoms with Gasteiger partial charge in [0, 0.05) is 33.4 Å². The molecule has 0 saturated carbocycles. The number of hydrogen-bond donors (Lipinski definition) is 1. The highest BCUT2D eigenvalue weighted by atomic mass is 16.4. The maximum atomic E-state index is 5.35. The van der Waals surface area contributed by atoms with Crippen LogP contribution < -0.4 is 0 Å². The van der Waals surface area contributed by atoms with Crippen molar-refractivity contribution in [2.45, 2.75) is 33.6 Å². The number of fused-ring (bicyclic) bond motifs is 1. The highest BCUT2D eigenvalue weighted by Gasteiger charge is 2.18. The molecule has 126 valence electrons. The number of nitrogens with one attached hydrogen (secondary N) is 1. The Morgan fingerprint density at radius 3 is 2.40 bits per heavy atom. The van der Waals surface area contributed by atoms with Crippen LogP contribution in [0.15, 0.2) is 41.1 Å². The van der Waals surface area contributed by atoms with Crippen molar-refractivity contribution in [3.05, 3.63) is 53.7 Å². The molecule has 0 fully saturated rings. The van der Waals surface area contributed by atoms with E-state index < -0.39 is 0 Å². The van der Waals surface area contributed by atoms with Crippen LogP contribution in [0.4, 0.5) is 0 Å². The van der Waals surface area contributed by atoms with Crippen molar-refractivity contribution in [1.82, 2.24) is 20.2 Å². The average Bonchev–Trinajstić information content (AvgIpc) is 3.20. The first-order chi connectivity index (χ1) is 12.0. The monoisotopic (exact) mass is 332 g/mol. The Balaban J connectivity index is 1.97. The van der Waals surface area contributed by atoms with Crippen LogP contribution in [0, 0.1) is 13.8 Å². The van der Waals surface area contributed by atoms with Crippen LogP contribution in [-0.4, -0.2) is 20.2 Å². The van der Waals surface area contributed by atoms with E-state index in [9.17, 15) is 0 Å². The standard InChI is InChI=1S/C20H20N4O/c1-11(2)18-16-9-14(20-24-21-10-25-20)5-6-17(16)23-19(18)15-7-12(3)22-13(4)8-15/h5-11,23H,1-4H3. The van der Waals surface area contributed by atoms with Gasteiger partial charge in [-0.25, -0.2) is 0 Å². The Labute approximate surface area is 146 Å². The molecule has 25 heavy (non-hydrogen) atoms. The molecule has 1 N–H and O–H groups in total. The van der Waals surface area contributed by atoms with E-state index in [2.05, 4.69) is 58.3 Å². The zero-order valence-corrected chi connectivity index (χ0v) is 14.8. The van der Waals surface area contributed by atoms with E-state index >= 15 is 0 Å². The first-order valence-corrected chi connectivity index (χ1v) is 8.40. The fourth-order valence-corrected chi connectivity index (χ4v) is 3.45. The SMILES string of the molecule is Cc1cc(-c2[nH]c3ccc(-c4nnco4)cc3c2C(C)C)cc(C)n1. The summed E-state index contributed by atoms with van der Waals surface area (Å²) in [5, 5.41) is 8.99. The lowest BCUT2D eigenvalue weighted by Crippen LogP contribution is -1.93. The molecule has 0 atom stereocenters. The third-order valence-electron chi connectivity index (χ3n) is 4.39. The summed E-state index contributed by atoms with van der Waals surface area (Å²) in [7, 11) is 0. The number of hydrogen-bond acceptors (Lipinski definition) is 4. The van der Waals surface area contributed by atoms with Crippen LogP contribution in [0.3, 0.4) is 0 Å². The van der Waals surface area contributed by atoms with Gasteiger partial charge in [0.2, 0.25) is 12.3 Å². The summed E-state index contributed by atoms with van der Waals surface area (Å²) in [5.41, 5.74) is 7.70. The first-order valence-electron chi connectivity index (χ1n) is 8.40. The number of aromatic amines is 1. The van der Waals surface area contributed by atoms with Crippen molar-refractivity contribution in [2.24, 2.45) is 0 Å². The molecule has 0 radical (unpaired) electrons. The van der Waals surface area contributed by atoms with Gasteiger partial charge in [-0.3, -0.25) is 4.98 Å². The second kappa shape index (κ2) is 5.84. The topological polar surface area (TPSA) is 67.6 Å². The zero-order chi connectivity index (χ0) is 17.6. The van der Waals surface area contributed by atoms with Crippen LogP contribution >= 0.6 is 0 Å². The molecule has 0 aliphatic rings. The molecule has 0 saturated heterocycles. The fourth-order valence-electron chi connectivity index (χ4n) is 3.45. The van der Waals surface area contributed by atoms with Gasteiger partial charge >= 0.3 is 0 Å². The minimum absolute atomic E-state index is 0.371. The van der Waals surface area contributed by atoms with Gasteiger partial charge in [-0.05, 0) is 55.7 Å². The molecule has 1 aromatic carbocycles. The van der Waals surface area contributed by atoms with E-state index in [0.717, 1.165) is 28.2 Å². The molecule has 0 spiro atoms. The number of aryl methyl sites for hydroxylation is 2. The molecule has 5 heteroatoms. The molecule has 0 aliphatic carbocycles. The van der Waals surface area contributed by atoms with Crippen molar-refractivity contribution in [3.8, 4) is 22.7 Å². The second-order valence-corrected chi connectivity index (χ2v) is 6.71. The van der Waals surface area contributed by atoms with Gasteiger partial charge < -0.3 is 9.40 Å². The lowest BCUT2D eigenvalue weighted by atomic mass is 9.95. The van der Waals surface area contributed by atoms with E-state index in [1.807, 2.05) is 19.9 Å². The fraction of sp³-hybridized carbons (Fsp3) is 0.250. The maximum absolute atomic E-state index is 5.35. The lowest BCUT2D eigenvalue weighted by molar-refractivity contribution is 0.569. The summed E-state index contributed by atoms with van der Waals surface area (Å²) in [6.45, 7) is 8.49. The number of pyridine rings is 1. The van der Waals surface area contributed by atoms with Crippen LogP contribution in [0.25, 0.3) is 33.6 Å². The van der Waals surface area contributed by atoms with Crippen LogP contribution in [0.2, 0.25) is 0 Å². The summed E-state index contributed by atoms with van der Waals surface area (Å²) < 4.78 is 5.35. The largest absolute Gasteiger partial charge is 0.423 e. The lowest BCUT2D eigenvalue weighted by Gasteiger charge is -2.10. The van der Waals surface area contributed by atoms with E-state index in [1.165, 1.54) is 22.9 Å². The minimum Gasteiger partial charge on any atom is -0.423 e. The molecular formula is C20H20N4O. The predicted octanol–water partition coefficient (Wildman–Crippen LogP) is 5.02. The van der Waals surface area contributed by atoms with Crippen molar-refractivity contribution in [2.75, 3.05) is 0 Å². The summed E-state index contributed by atoms with van der Waals surface area (Å²) in [6, 6.07) is 10.5. The Kier molecular flexibility index (Phi) is 3.64. The normalized spacial score (nSPS) is 11.6. The highest BCUT2D eigenvalue weighted by Crippen LogP contribution is 2.37. The van der Waals surface area contributed by atoms with Gasteiger partial charge in [0.25, 0.3) is 0 Å². The Bertz CT molecular complexity index is 1020. The van der Waals surface area contributed by atoms with Crippen LogP contribution in [0.5, 0.6) is 0 Å². The van der Waals surface area contributed by atoms with Gasteiger partial charge in [0.1, 0.15) is 0 Å². The molecule has 5 nitrogen and oxygen atoms in total. The number of rotatable bonds is 3. The Hall–Kier alpha value is -2.95. The molecule has 0 aliphatic heterocycles. The Morgan fingerprint density at radius 2 is 1.76 bits per heavy atom. The van der Waals surface area contributed by atoms with Crippen molar-refractivity contribution in [1.29, 1.82) is 0 Å². The van der Waals surface area contributed by atoms with Gasteiger partial charge in [0.05, 0.1) is 5.69 Å². The zero-order valence-electron chi connectivity index (χ0n) is 14.8. The quantitative estimate of drug-likeness (QED) is 0.572. The third kappa shape index (κ3) is 2.71. The molecule has 0 amide bonds. The summed E-state index contributed by atoms with van der Waals surface area (Å²) in [6.07, 6.45) is 1.36. The van der Waals surface area contributed by atoms with Crippen molar-refractivity contribution < 1.29 is 4.42 Å². The molecule has 4 rings (SSSR count). The van der Waals surface area contributed by atoms with E-state index in [1.54, 1.807) is 0 Å². The number of H-pyrrole nitrogens is 1. The molecule has 4 aromatic rings. The minimum atomic E-state index is 0.371. The summed E-state index contributed by atoms with van der Waals surface area (Å²) in [5.74, 6) is 0.908. The molecule has 3 heterocycles. The average molecular weight is 332 g/mol. The smallest absolute Gasteiger partial charge is 0.247 e. The first kappa shape index (κ1) is 15.6. The predicted molar refractivity (Wildman–Crippen MR) is 98.4 cm³/mol. The molecule has 0 unspecified atom stereocenters. The maximum Gasteiger partial charge on any atom is 0.247 e. The van der Waals surface area contributed by atoms with Crippen molar-refractivity contribution >= 4 is 10.9 Å². The second-order valence-electron chi connectivity index (χ2n) is 6.71. The van der Waals surface area contributed by atoms with Crippen molar-refractivity contribution in [3.63, 3.8) is 0 Å². The highest BCUT2D eigenvalue weighted by molar-refractivity contribution is 5.93. The molecular weight excluding hydrogens is 312 g/mol. The third-order valence-corrected chi connectivity index (χ3v) is 4.39. The number of aromatic nitrogens is 4. The number of nitrogens with zero attached hydrogens (tertiary/aromatic N) is 3. The van der Waals surface area contributed by atoms with Gasteiger partial charge in [0.15, 0.2) is 0 Å². The van der Waals surface area contributed by atoms with Gasteiger partial charge in [-0.1, -0.05) is 13.8 Å². The van der Waals surface area contributed by atoms with E-state index in [-0.39, 0.29) is 0 Å². The summed E-state index contributed by atoms with van der Waals surface area (Å²) >= 11 is 0. The Morgan fingerprint density at radius 1 is 1.00 bits per heavy atom. The van der Waals surface area contributed by atoms with Crippen LogP contribution in [-0.2, 0) is 0 Å².